The Hall–Kier alpha value is -1.53. The van der Waals surface area contributed by atoms with E-state index in [1.165, 1.54) is 38.5 Å². The molecule has 2 rings (SSSR count). The van der Waals surface area contributed by atoms with E-state index in [1.807, 2.05) is 12.1 Å². The quantitative estimate of drug-likeness (QED) is 0.852. The fourth-order valence-electron chi connectivity index (χ4n) is 3.11. The average Bonchev–Trinajstić information content (AvgIpc) is 2.74. The van der Waals surface area contributed by atoms with Gasteiger partial charge < -0.3 is 10.0 Å². The predicted molar refractivity (Wildman–Crippen MR) is 81.7 cm³/mol. The van der Waals surface area contributed by atoms with Crippen molar-refractivity contribution in [2.24, 2.45) is 0 Å². The van der Waals surface area contributed by atoms with Crippen LogP contribution in [-0.4, -0.2) is 18.2 Å². The van der Waals surface area contributed by atoms with Gasteiger partial charge in [-0.25, -0.2) is 0 Å². The molecule has 0 aliphatic heterocycles. The zero-order valence-corrected chi connectivity index (χ0v) is 12.5. The average molecular weight is 272 g/mol. The number of hydrogen-bond acceptors (Lipinski definition) is 3. The highest BCUT2D eigenvalue weighted by Crippen LogP contribution is 2.31. The number of rotatable bonds is 3. The molecule has 1 aromatic rings. The molecule has 20 heavy (non-hydrogen) atoms. The van der Waals surface area contributed by atoms with Crippen LogP contribution in [0.3, 0.4) is 0 Å². The van der Waals surface area contributed by atoms with Gasteiger partial charge in [0.1, 0.15) is 0 Å². The number of hydrogen-bond donors (Lipinski definition) is 1. The summed E-state index contributed by atoms with van der Waals surface area (Å²) in [5, 5.41) is 19.1. The van der Waals surface area contributed by atoms with Crippen LogP contribution in [0.5, 0.6) is 0 Å². The number of aliphatic hydroxyl groups excluding tert-OH is 1. The Morgan fingerprint density at radius 1 is 1.25 bits per heavy atom. The maximum atomic E-state index is 9.96. The zero-order valence-electron chi connectivity index (χ0n) is 12.5. The molecule has 0 radical (unpaired) electrons. The van der Waals surface area contributed by atoms with E-state index in [2.05, 4.69) is 18.0 Å². The van der Waals surface area contributed by atoms with Crippen LogP contribution >= 0.6 is 0 Å². The normalized spacial score (nSPS) is 18.1. The maximum Gasteiger partial charge on any atom is 0.0992 e. The Balaban J connectivity index is 2.31. The molecule has 0 heterocycles. The van der Waals surface area contributed by atoms with Gasteiger partial charge in [-0.3, -0.25) is 0 Å². The van der Waals surface area contributed by atoms with Crippen LogP contribution < -0.4 is 4.90 Å². The lowest BCUT2D eigenvalue weighted by Gasteiger charge is -2.31. The van der Waals surface area contributed by atoms with Crippen LogP contribution in [0.1, 0.15) is 62.7 Å². The smallest absolute Gasteiger partial charge is 0.0992 e. The molecule has 1 N–H and O–H groups in total. The van der Waals surface area contributed by atoms with E-state index in [-0.39, 0.29) is 0 Å². The number of nitrogens with zero attached hydrogens (tertiary/aromatic N) is 2. The lowest BCUT2D eigenvalue weighted by Crippen LogP contribution is -2.32. The molecular formula is C17H24N2O. The largest absolute Gasteiger partial charge is 0.389 e. The van der Waals surface area contributed by atoms with Crippen LogP contribution in [0.4, 0.5) is 5.69 Å². The third-order valence-corrected chi connectivity index (χ3v) is 4.36. The molecule has 1 saturated carbocycles. The topological polar surface area (TPSA) is 47.3 Å². The molecule has 108 valence electrons. The first-order valence-corrected chi connectivity index (χ1v) is 7.58. The third kappa shape index (κ3) is 3.32. The number of nitriles is 1. The molecule has 0 amide bonds. The number of benzene rings is 1. The van der Waals surface area contributed by atoms with E-state index in [0.29, 0.717) is 11.6 Å². The van der Waals surface area contributed by atoms with Gasteiger partial charge in [0.05, 0.1) is 17.7 Å². The van der Waals surface area contributed by atoms with Crippen molar-refractivity contribution in [3.8, 4) is 6.07 Å². The van der Waals surface area contributed by atoms with Gasteiger partial charge in [-0.2, -0.15) is 5.26 Å². The monoisotopic (exact) mass is 272 g/mol. The van der Waals surface area contributed by atoms with Crippen molar-refractivity contribution in [1.82, 2.24) is 0 Å². The Morgan fingerprint density at radius 2 is 1.90 bits per heavy atom. The summed E-state index contributed by atoms with van der Waals surface area (Å²) in [6.45, 7) is 1.78. The second kappa shape index (κ2) is 6.76. The van der Waals surface area contributed by atoms with Crippen molar-refractivity contribution in [3.63, 3.8) is 0 Å². The number of anilines is 1. The van der Waals surface area contributed by atoms with Gasteiger partial charge in [0, 0.05) is 24.3 Å². The minimum Gasteiger partial charge on any atom is -0.389 e. The Kier molecular flexibility index (Phi) is 5.03. The molecule has 0 saturated heterocycles. The summed E-state index contributed by atoms with van der Waals surface area (Å²) in [4.78, 5) is 2.27. The summed E-state index contributed by atoms with van der Waals surface area (Å²) in [6, 6.07) is 8.29. The van der Waals surface area contributed by atoms with Crippen molar-refractivity contribution in [1.29, 1.82) is 5.26 Å². The van der Waals surface area contributed by atoms with Crippen molar-refractivity contribution < 1.29 is 5.11 Å². The third-order valence-electron chi connectivity index (χ3n) is 4.36. The molecule has 1 atom stereocenters. The second-order valence-electron chi connectivity index (χ2n) is 5.82. The molecule has 1 unspecified atom stereocenters. The van der Waals surface area contributed by atoms with Crippen LogP contribution in [0.15, 0.2) is 18.2 Å². The van der Waals surface area contributed by atoms with Gasteiger partial charge in [0.25, 0.3) is 0 Å². The molecular weight excluding hydrogens is 248 g/mol. The second-order valence-corrected chi connectivity index (χ2v) is 5.82. The Morgan fingerprint density at radius 3 is 2.45 bits per heavy atom. The molecule has 0 bridgehead atoms. The zero-order chi connectivity index (χ0) is 14.5. The van der Waals surface area contributed by atoms with E-state index < -0.39 is 6.10 Å². The van der Waals surface area contributed by atoms with Gasteiger partial charge in [0.15, 0.2) is 0 Å². The summed E-state index contributed by atoms with van der Waals surface area (Å²) in [6.07, 6.45) is 7.09. The fourth-order valence-corrected chi connectivity index (χ4v) is 3.11. The molecule has 1 fully saturated rings. The summed E-state index contributed by atoms with van der Waals surface area (Å²) in [7, 11) is 2.10. The maximum absolute atomic E-state index is 9.96. The van der Waals surface area contributed by atoms with Gasteiger partial charge >= 0.3 is 0 Å². The molecule has 0 spiro atoms. The van der Waals surface area contributed by atoms with Crippen molar-refractivity contribution in [2.75, 3.05) is 11.9 Å². The molecule has 1 aliphatic rings. The Labute approximate surface area is 121 Å². The van der Waals surface area contributed by atoms with Crippen LogP contribution in [0.2, 0.25) is 0 Å². The fraction of sp³-hybridized carbons (Fsp3) is 0.588. The first kappa shape index (κ1) is 14.9. The highest BCUT2D eigenvalue weighted by molar-refractivity contribution is 5.58. The van der Waals surface area contributed by atoms with Gasteiger partial charge in [-0.1, -0.05) is 31.7 Å². The highest BCUT2D eigenvalue weighted by Gasteiger charge is 2.21. The summed E-state index contributed by atoms with van der Waals surface area (Å²) < 4.78 is 0. The van der Waals surface area contributed by atoms with Gasteiger partial charge in [0.2, 0.25) is 0 Å². The summed E-state index contributed by atoms with van der Waals surface area (Å²) >= 11 is 0. The van der Waals surface area contributed by atoms with Crippen molar-refractivity contribution in [2.45, 2.75) is 57.6 Å². The number of aliphatic hydroxyl groups is 1. The molecule has 3 nitrogen and oxygen atoms in total. The van der Waals surface area contributed by atoms with Gasteiger partial charge in [-0.15, -0.1) is 0 Å². The molecule has 3 heteroatoms. The van der Waals surface area contributed by atoms with Crippen molar-refractivity contribution >= 4 is 5.69 Å². The van der Waals surface area contributed by atoms with Crippen LogP contribution in [0, 0.1) is 11.3 Å². The molecule has 1 aliphatic carbocycles. The summed E-state index contributed by atoms with van der Waals surface area (Å²) in [5.41, 5.74) is 2.58. The standard InChI is InChI=1S/C17H24N2O/c1-13(20)16-10-9-14(12-18)11-17(16)19(2)15-7-5-3-4-6-8-15/h9-11,13,15,20H,3-8H2,1-2H3. The van der Waals surface area contributed by atoms with Gasteiger partial charge in [-0.05, 0) is 31.9 Å². The Bertz CT molecular complexity index is 482. The highest BCUT2D eigenvalue weighted by atomic mass is 16.3. The lowest BCUT2D eigenvalue weighted by molar-refractivity contribution is 0.199. The molecule has 0 aromatic heterocycles. The molecule has 1 aromatic carbocycles. The minimum atomic E-state index is -0.508. The predicted octanol–water partition coefficient (Wildman–Crippen LogP) is 3.77. The van der Waals surface area contributed by atoms with Crippen LogP contribution in [-0.2, 0) is 0 Å². The first-order valence-electron chi connectivity index (χ1n) is 7.58. The van der Waals surface area contributed by atoms with Crippen molar-refractivity contribution in [3.05, 3.63) is 29.3 Å². The van der Waals surface area contributed by atoms with E-state index >= 15 is 0 Å². The van der Waals surface area contributed by atoms with Crippen LogP contribution in [0.25, 0.3) is 0 Å². The van der Waals surface area contributed by atoms with E-state index in [0.717, 1.165) is 11.3 Å². The lowest BCUT2D eigenvalue weighted by atomic mass is 10.0. The van der Waals surface area contributed by atoms with E-state index in [9.17, 15) is 5.11 Å². The SMILES string of the molecule is CC(O)c1ccc(C#N)cc1N(C)C1CCCCCC1. The van der Waals surface area contributed by atoms with E-state index in [1.54, 1.807) is 13.0 Å². The van der Waals surface area contributed by atoms with E-state index in [4.69, 9.17) is 5.26 Å². The minimum absolute atomic E-state index is 0.508. The summed E-state index contributed by atoms with van der Waals surface area (Å²) in [5.74, 6) is 0. The first-order chi connectivity index (χ1) is 9.63.